The normalized spacial score (nSPS) is 34.0. The molecule has 1 saturated heterocycles. The van der Waals surface area contributed by atoms with Crippen molar-refractivity contribution in [3.05, 3.63) is 0 Å². The smallest absolute Gasteiger partial charge is 0.0620 e. The van der Waals surface area contributed by atoms with E-state index in [1.807, 2.05) is 21.0 Å². The van der Waals surface area contributed by atoms with Crippen molar-refractivity contribution in [2.24, 2.45) is 5.92 Å². The number of likely N-dealkylation sites (tertiary alicyclic amines) is 1. The van der Waals surface area contributed by atoms with Gasteiger partial charge in [0.15, 0.2) is 0 Å². The highest BCUT2D eigenvalue weighted by atomic mass is 31.0. The maximum atomic E-state index is 5.31. The second-order valence-electron chi connectivity index (χ2n) is 4.28. The zero-order valence-corrected chi connectivity index (χ0v) is 11.6. The van der Waals surface area contributed by atoms with Gasteiger partial charge in [-0.1, -0.05) is 13.8 Å². The summed E-state index contributed by atoms with van der Waals surface area (Å²) in [5.74, 6) is 0.932. The van der Waals surface area contributed by atoms with Gasteiger partial charge in [-0.3, -0.25) is 4.90 Å². The highest BCUT2D eigenvalue weighted by Crippen LogP contribution is 2.42. The van der Waals surface area contributed by atoms with E-state index in [1.165, 1.54) is 32.0 Å². The van der Waals surface area contributed by atoms with Crippen molar-refractivity contribution in [3.63, 3.8) is 0 Å². The van der Waals surface area contributed by atoms with Crippen molar-refractivity contribution >= 4 is 9.24 Å². The van der Waals surface area contributed by atoms with Crippen molar-refractivity contribution < 1.29 is 4.74 Å². The van der Waals surface area contributed by atoms with Gasteiger partial charge in [-0.2, -0.15) is 0 Å². The SMILES string of the molecule is CC.COCC1C2CCC(C2)N1CCP. The van der Waals surface area contributed by atoms with Crippen LogP contribution in [0.1, 0.15) is 33.1 Å². The molecule has 2 fully saturated rings. The Balaban J connectivity index is 0.000000531. The summed E-state index contributed by atoms with van der Waals surface area (Å²) in [6.45, 7) is 6.17. The number of nitrogens with zero attached hydrogens (tertiary/aromatic N) is 1. The first-order valence-electron chi connectivity index (χ1n) is 6.31. The van der Waals surface area contributed by atoms with E-state index in [2.05, 4.69) is 14.1 Å². The summed E-state index contributed by atoms with van der Waals surface area (Å²) < 4.78 is 5.31. The molecule has 0 spiro atoms. The fourth-order valence-electron chi connectivity index (χ4n) is 3.08. The van der Waals surface area contributed by atoms with Crippen LogP contribution >= 0.6 is 9.24 Å². The Labute approximate surface area is 97.0 Å². The molecule has 2 nitrogen and oxygen atoms in total. The third kappa shape index (κ3) is 2.93. The Bertz CT molecular complexity index is 159. The molecule has 2 bridgehead atoms. The molecule has 0 aromatic heterocycles. The van der Waals surface area contributed by atoms with Gasteiger partial charge in [0.05, 0.1) is 6.61 Å². The van der Waals surface area contributed by atoms with Crippen LogP contribution in [0.4, 0.5) is 0 Å². The number of piperidine rings is 1. The molecule has 1 aliphatic heterocycles. The fourth-order valence-corrected chi connectivity index (χ4v) is 3.38. The summed E-state index contributed by atoms with van der Waals surface area (Å²) in [7, 11) is 4.65. The van der Waals surface area contributed by atoms with E-state index in [-0.39, 0.29) is 0 Å². The van der Waals surface area contributed by atoms with Crippen molar-refractivity contribution in [2.45, 2.75) is 45.2 Å². The minimum atomic E-state index is 0.726. The first-order valence-corrected chi connectivity index (χ1v) is 7.13. The Hall–Kier alpha value is 0.350. The molecule has 0 aromatic carbocycles. The minimum Gasteiger partial charge on any atom is -0.383 e. The minimum absolute atomic E-state index is 0.726. The molecule has 15 heavy (non-hydrogen) atoms. The van der Waals surface area contributed by atoms with Gasteiger partial charge in [-0.15, -0.1) is 9.24 Å². The van der Waals surface area contributed by atoms with Crippen LogP contribution in [0.3, 0.4) is 0 Å². The third-order valence-corrected chi connectivity index (χ3v) is 3.87. The molecule has 0 radical (unpaired) electrons. The van der Waals surface area contributed by atoms with Crippen LogP contribution in [0, 0.1) is 5.92 Å². The van der Waals surface area contributed by atoms with Crippen LogP contribution in [-0.2, 0) is 4.74 Å². The number of rotatable bonds is 4. The quantitative estimate of drug-likeness (QED) is 0.689. The zero-order valence-electron chi connectivity index (χ0n) is 10.4. The van der Waals surface area contributed by atoms with E-state index in [0.29, 0.717) is 0 Å². The molecule has 4 unspecified atom stereocenters. The second-order valence-corrected chi connectivity index (χ2v) is 4.85. The lowest BCUT2D eigenvalue weighted by Gasteiger charge is -2.34. The Kier molecular flexibility index (Phi) is 6.11. The summed E-state index contributed by atoms with van der Waals surface area (Å²) in [6.07, 6.45) is 5.49. The van der Waals surface area contributed by atoms with Crippen molar-refractivity contribution in [1.82, 2.24) is 4.90 Å². The lowest BCUT2D eigenvalue weighted by Crippen LogP contribution is -2.44. The topological polar surface area (TPSA) is 12.5 Å². The van der Waals surface area contributed by atoms with Crippen LogP contribution in [0.15, 0.2) is 0 Å². The second kappa shape index (κ2) is 6.83. The standard InChI is InChI=1S/C10H20NOP.C2H6/c1-12-7-10-8-2-3-9(6-8)11(10)4-5-13;1-2/h8-10H,2-7,13H2,1H3;1-2H3. The van der Waals surface area contributed by atoms with Gasteiger partial charge < -0.3 is 4.74 Å². The van der Waals surface area contributed by atoms with Crippen molar-refractivity contribution in [1.29, 1.82) is 0 Å². The van der Waals surface area contributed by atoms with Gasteiger partial charge in [-0.25, -0.2) is 0 Å². The molecular weight excluding hydrogens is 205 g/mol. The van der Waals surface area contributed by atoms with Gasteiger partial charge >= 0.3 is 0 Å². The maximum absolute atomic E-state index is 5.31. The Morgan fingerprint density at radius 1 is 1.33 bits per heavy atom. The molecule has 4 atom stereocenters. The summed E-state index contributed by atoms with van der Waals surface area (Å²) in [5, 5.41) is 0. The number of hydrogen-bond donors (Lipinski definition) is 0. The van der Waals surface area contributed by atoms with Crippen molar-refractivity contribution in [3.8, 4) is 0 Å². The highest BCUT2D eigenvalue weighted by Gasteiger charge is 2.44. The number of ether oxygens (including phenoxy) is 1. The molecule has 0 N–H and O–H groups in total. The summed E-state index contributed by atoms with van der Waals surface area (Å²) in [5.41, 5.74) is 0. The van der Waals surface area contributed by atoms with E-state index in [4.69, 9.17) is 4.74 Å². The predicted molar refractivity (Wildman–Crippen MR) is 69.4 cm³/mol. The van der Waals surface area contributed by atoms with Gasteiger partial charge in [-0.05, 0) is 31.3 Å². The lowest BCUT2D eigenvalue weighted by molar-refractivity contribution is 0.0646. The summed E-state index contributed by atoms with van der Waals surface area (Å²) in [4.78, 5) is 2.67. The van der Waals surface area contributed by atoms with Gasteiger partial charge in [0.2, 0.25) is 0 Å². The average molecular weight is 231 g/mol. The molecule has 2 rings (SSSR count). The number of methoxy groups -OCH3 is 1. The monoisotopic (exact) mass is 231 g/mol. The molecular formula is C12H26NOP. The van der Waals surface area contributed by atoms with E-state index in [0.717, 1.165) is 24.6 Å². The summed E-state index contributed by atoms with van der Waals surface area (Å²) in [6, 6.07) is 1.61. The fraction of sp³-hybridized carbons (Fsp3) is 1.00. The molecule has 1 saturated carbocycles. The Morgan fingerprint density at radius 3 is 2.67 bits per heavy atom. The number of fused-ring (bicyclic) bond motifs is 2. The van der Waals surface area contributed by atoms with E-state index >= 15 is 0 Å². The van der Waals surface area contributed by atoms with Gasteiger partial charge in [0.1, 0.15) is 0 Å². The first kappa shape index (κ1) is 13.4. The predicted octanol–water partition coefficient (Wildman–Crippen LogP) is 2.39. The number of hydrogen-bond acceptors (Lipinski definition) is 2. The first-order chi connectivity index (χ1) is 7.36. The van der Waals surface area contributed by atoms with Crippen LogP contribution in [-0.4, -0.2) is 43.4 Å². The van der Waals surface area contributed by atoms with Crippen LogP contribution < -0.4 is 0 Å². The van der Waals surface area contributed by atoms with Crippen LogP contribution in [0.5, 0.6) is 0 Å². The van der Waals surface area contributed by atoms with Crippen molar-refractivity contribution in [2.75, 3.05) is 26.4 Å². The van der Waals surface area contributed by atoms with E-state index in [9.17, 15) is 0 Å². The molecule has 0 aromatic rings. The molecule has 2 aliphatic rings. The van der Waals surface area contributed by atoms with Crippen LogP contribution in [0.25, 0.3) is 0 Å². The van der Waals surface area contributed by atoms with Gasteiger partial charge in [0.25, 0.3) is 0 Å². The molecule has 3 heteroatoms. The van der Waals surface area contributed by atoms with Crippen LogP contribution in [0.2, 0.25) is 0 Å². The molecule has 1 aliphatic carbocycles. The zero-order chi connectivity index (χ0) is 11.3. The largest absolute Gasteiger partial charge is 0.383 e. The van der Waals surface area contributed by atoms with E-state index < -0.39 is 0 Å². The molecule has 0 amide bonds. The Morgan fingerprint density at radius 2 is 2.07 bits per heavy atom. The highest BCUT2D eigenvalue weighted by molar-refractivity contribution is 7.16. The van der Waals surface area contributed by atoms with Gasteiger partial charge in [0, 0.05) is 25.7 Å². The third-order valence-electron chi connectivity index (χ3n) is 3.61. The maximum Gasteiger partial charge on any atom is 0.0620 e. The summed E-state index contributed by atoms with van der Waals surface area (Å²) >= 11 is 0. The molecule has 1 heterocycles. The van der Waals surface area contributed by atoms with E-state index in [1.54, 1.807) is 0 Å². The lowest BCUT2D eigenvalue weighted by atomic mass is 9.99. The molecule has 90 valence electrons. The average Bonchev–Trinajstić information content (AvgIpc) is 2.85.